The number of carbonyl (C=O) groups excluding carboxylic acids is 1. The van der Waals surface area contributed by atoms with Crippen LogP contribution in [-0.4, -0.2) is 73.0 Å². The fourth-order valence-corrected chi connectivity index (χ4v) is 4.34. The predicted octanol–water partition coefficient (Wildman–Crippen LogP) is 3.22. The summed E-state index contributed by atoms with van der Waals surface area (Å²) in [4.78, 5) is 20.6. The molecule has 1 fully saturated rings. The van der Waals surface area contributed by atoms with Crippen molar-refractivity contribution in [2.24, 2.45) is 4.99 Å². The molecule has 0 radical (unpaired) electrons. The average molecular weight is 517 g/mol. The second-order valence-electron chi connectivity index (χ2n) is 8.26. The first-order valence-corrected chi connectivity index (χ1v) is 12.0. The van der Waals surface area contributed by atoms with E-state index < -0.39 is 11.6 Å². The van der Waals surface area contributed by atoms with E-state index in [1.165, 1.54) is 0 Å². The highest BCUT2D eigenvalue weighted by Crippen LogP contribution is 2.34. The molecule has 4 rings (SSSR count). The van der Waals surface area contributed by atoms with E-state index in [-0.39, 0.29) is 12.5 Å². The van der Waals surface area contributed by atoms with Crippen molar-refractivity contribution in [1.82, 2.24) is 4.90 Å². The van der Waals surface area contributed by atoms with E-state index in [0.29, 0.717) is 57.4 Å². The fraction of sp³-hybridized carbons (Fsp3) is 0.440. The molecule has 0 aliphatic carbocycles. The summed E-state index contributed by atoms with van der Waals surface area (Å²) in [6.07, 6.45) is 0.604. The van der Waals surface area contributed by atoms with Gasteiger partial charge in [0.2, 0.25) is 5.90 Å². The van der Waals surface area contributed by atoms with Gasteiger partial charge in [-0.15, -0.1) is 0 Å². The van der Waals surface area contributed by atoms with Gasteiger partial charge < -0.3 is 24.2 Å². The molecule has 0 aromatic heterocycles. The van der Waals surface area contributed by atoms with E-state index in [9.17, 15) is 4.79 Å². The predicted molar refractivity (Wildman–Crippen MR) is 129 cm³/mol. The number of aliphatic hydroxyl groups is 1. The van der Waals surface area contributed by atoms with Crippen molar-refractivity contribution in [1.29, 1.82) is 0 Å². The first kappa shape index (κ1) is 23.7. The number of hydrogen-bond donors (Lipinski definition) is 1. The number of hydrogen-bond acceptors (Lipinski definition) is 6. The molecule has 0 spiro atoms. The molecule has 2 aliphatic heterocycles. The molecule has 1 saturated heterocycles. The number of aliphatic imine (C=N–C) groups is 1. The van der Waals surface area contributed by atoms with Gasteiger partial charge in [-0.2, -0.15) is 0 Å². The molecule has 1 N–H and O–H groups in total. The third-order valence-electron chi connectivity index (χ3n) is 5.99. The molecule has 7 nitrogen and oxygen atoms in total. The fourth-order valence-electron chi connectivity index (χ4n) is 4.08. The van der Waals surface area contributed by atoms with E-state index in [1.54, 1.807) is 0 Å². The Hall–Kier alpha value is -2.42. The molecular weight excluding hydrogens is 488 g/mol. The average Bonchev–Trinajstić information content (AvgIpc) is 3.18. The third kappa shape index (κ3) is 5.39. The Bertz CT molecular complexity index is 973. The maximum Gasteiger partial charge on any atom is 0.255 e. The molecule has 33 heavy (non-hydrogen) atoms. The first-order valence-electron chi connectivity index (χ1n) is 11.2. The van der Waals surface area contributed by atoms with Crippen molar-refractivity contribution in [2.75, 3.05) is 39.5 Å². The van der Waals surface area contributed by atoms with Gasteiger partial charge in [0.15, 0.2) is 5.54 Å². The quantitative estimate of drug-likeness (QED) is 0.544. The monoisotopic (exact) mass is 516 g/mol. The molecule has 2 aromatic rings. The highest BCUT2D eigenvalue weighted by Gasteiger charge is 2.52. The SMILES string of the molecule is C[C@H]1OC(c2ccc(OCCCO)cc2)=N[C@@]1(Cc1ccc(Br)cc1)C(=O)N1CCOCC1. The number of halogens is 1. The molecule has 0 bridgehead atoms. The second-order valence-corrected chi connectivity index (χ2v) is 9.17. The molecule has 0 saturated carbocycles. The Kier molecular flexibility index (Phi) is 7.67. The number of aliphatic hydroxyl groups excluding tert-OH is 1. The molecule has 8 heteroatoms. The molecular formula is C25H29BrN2O5. The van der Waals surface area contributed by atoms with Gasteiger partial charge in [-0.05, 0) is 48.9 Å². The van der Waals surface area contributed by atoms with Crippen LogP contribution in [0, 0.1) is 0 Å². The third-order valence-corrected chi connectivity index (χ3v) is 6.52. The summed E-state index contributed by atoms with van der Waals surface area (Å²) in [7, 11) is 0. The molecule has 1 amide bonds. The first-order chi connectivity index (χ1) is 16.0. The summed E-state index contributed by atoms with van der Waals surface area (Å²) in [5, 5.41) is 8.91. The number of benzene rings is 2. The zero-order valence-corrected chi connectivity index (χ0v) is 20.3. The van der Waals surface area contributed by atoms with Crippen molar-refractivity contribution in [3.63, 3.8) is 0 Å². The molecule has 2 aliphatic rings. The van der Waals surface area contributed by atoms with Crippen LogP contribution in [0.3, 0.4) is 0 Å². The van der Waals surface area contributed by atoms with Crippen molar-refractivity contribution < 1.29 is 24.1 Å². The van der Waals surface area contributed by atoms with Crippen molar-refractivity contribution in [3.8, 4) is 5.75 Å². The molecule has 2 aromatic carbocycles. The Morgan fingerprint density at radius 3 is 2.55 bits per heavy atom. The van der Waals surface area contributed by atoms with Crippen molar-refractivity contribution in [3.05, 3.63) is 64.1 Å². The van der Waals surface area contributed by atoms with E-state index in [0.717, 1.165) is 15.6 Å². The molecule has 2 heterocycles. The minimum absolute atomic E-state index is 0.0276. The second kappa shape index (κ2) is 10.7. The number of carbonyl (C=O) groups is 1. The number of nitrogens with zero attached hydrogens (tertiary/aromatic N) is 2. The summed E-state index contributed by atoms with van der Waals surface area (Å²) >= 11 is 3.48. The largest absolute Gasteiger partial charge is 0.494 e. The van der Waals surface area contributed by atoms with Gasteiger partial charge in [0.25, 0.3) is 5.91 Å². The highest BCUT2D eigenvalue weighted by molar-refractivity contribution is 9.10. The van der Waals surface area contributed by atoms with Gasteiger partial charge in [0, 0.05) is 42.6 Å². The lowest BCUT2D eigenvalue weighted by atomic mass is 9.85. The van der Waals surface area contributed by atoms with Crippen LogP contribution in [0.4, 0.5) is 0 Å². The lowest BCUT2D eigenvalue weighted by molar-refractivity contribution is -0.143. The zero-order valence-electron chi connectivity index (χ0n) is 18.7. The topological polar surface area (TPSA) is 80.6 Å². The van der Waals surface area contributed by atoms with E-state index in [1.807, 2.05) is 60.4 Å². The molecule has 176 valence electrons. The summed E-state index contributed by atoms with van der Waals surface area (Å²) in [5.74, 6) is 1.15. The van der Waals surface area contributed by atoms with E-state index in [2.05, 4.69) is 15.9 Å². The minimum Gasteiger partial charge on any atom is -0.494 e. The number of amides is 1. The number of ether oxygens (including phenoxy) is 3. The summed E-state index contributed by atoms with van der Waals surface area (Å²) in [6, 6.07) is 15.4. The van der Waals surface area contributed by atoms with Crippen LogP contribution < -0.4 is 4.74 Å². The lowest BCUT2D eigenvalue weighted by Crippen LogP contribution is -2.56. The Balaban J connectivity index is 1.63. The number of rotatable bonds is 8. The summed E-state index contributed by atoms with van der Waals surface area (Å²) in [5.41, 5.74) is 0.772. The standard InChI is InChI=1S/C25H29BrN2O5/c1-18-25(17-19-3-7-21(26)8-4-19,24(30)28-11-15-31-16-12-28)27-23(33-18)20-5-9-22(10-6-20)32-14-2-13-29/h3-10,18,29H,2,11-17H2,1H3/t18-,25-/m1/s1. The van der Waals surface area contributed by atoms with Crippen LogP contribution in [0.5, 0.6) is 5.75 Å². The normalized spacial score (nSPS) is 22.6. The summed E-state index contributed by atoms with van der Waals surface area (Å²) < 4.78 is 18.2. The van der Waals surface area contributed by atoms with Crippen LogP contribution >= 0.6 is 15.9 Å². The van der Waals surface area contributed by atoms with Crippen LogP contribution in [0.25, 0.3) is 0 Å². The molecule has 0 unspecified atom stereocenters. The van der Waals surface area contributed by atoms with Gasteiger partial charge in [-0.3, -0.25) is 4.79 Å². The Morgan fingerprint density at radius 1 is 1.18 bits per heavy atom. The van der Waals surface area contributed by atoms with Crippen molar-refractivity contribution in [2.45, 2.75) is 31.4 Å². The Morgan fingerprint density at radius 2 is 1.88 bits per heavy atom. The van der Waals surface area contributed by atoms with E-state index >= 15 is 0 Å². The van der Waals surface area contributed by atoms with Gasteiger partial charge in [0.05, 0.1) is 19.8 Å². The highest BCUT2D eigenvalue weighted by atomic mass is 79.9. The van der Waals surface area contributed by atoms with Crippen LogP contribution in [0.2, 0.25) is 0 Å². The summed E-state index contributed by atoms with van der Waals surface area (Å²) in [6.45, 7) is 4.64. The van der Waals surface area contributed by atoms with Gasteiger partial charge >= 0.3 is 0 Å². The lowest BCUT2D eigenvalue weighted by Gasteiger charge is -2.36. The van der Waals surface area contributed by atoms with Gasteiger partial charge in [-0.1, -0.05) is 28.1 Å². The maximum atomic E-state index is 13.8. The zero-order chi connectivity index (χ0) is 23.3. The number of morpholine rings is 1. The maximum absolute atomic E-state index is 13.8. The van der Waals surface area contributed by atoms with Crippen LogP contribution in [0.15, 0.2) is 58.0 Å². The van der Waals surface area contributed by atoms with Crippen molar-refractivity contribution >= 4 is 27.7 Å². The van der Waals surface area contributed by atoms with Gasteiger partial charge in [0.1, 0.15) is 11.9 Å². The smallest absolute Gasteiger partial charge is 0.255 e. The van der Waals surface area contributed by atoms with Crippen LogP contribution in [-0.2, 0) is 20.7 Å². The van der Waals surface area contributed by atoms with Gasteiger partial charge in [-0.25, -0.2) is 4.99 Å². The Labute approximate surface area is 202 Å². The van der Waals surface area contributed by atoms with E-state index in [4.69, 9.17) is 24.3 Å². The minimum atomic E-state index is -1.04. The van der Waals surface area contributed by atoms with Crippen LogP contribution in [0.1, 0.15) is 24.5 Å². The molecule has 2 atom stereocenters.